The highest BCUT2D eigenvalue weighted by Crippen LogP contribution is 1.95. The van der Waals surface area contributed by atoms with Gasteiger partial charge in [0, 0.05) is 0 Å². The predicted octanol–water partition coefficient (Wildman–Crippen LogP) is 2.87. The fraction of sp³-hybridized carbons (Fsp3) is 0.917. The second-order valence-corrected chi connectivity index (χ2v) is 4.68. The maximum Gasteiger partial charge on any atom is 0.320 e. The van der Waals surface area contributed by atoms with Crippen molar-refractivity contribution < 1.29 is 9.90 Å². The fourth-order valence-electron chi connectivity index (χ4n) is 1.05. The van der Waals surface area contributed by atoms with E-state index in [0.29, 0.717) is 12.2 Å². The number of hydrogen-bond donors (Lipinski definition) is 4. The Morgan fingerprint density at radius 3 is 2.06 bits per heavy atom. The number of unbranched alkanes of at least 4 members (excludes halogenated alkanes) is 2. The molecule has 0 amide bonds. The van der Waals surface area contributed by atoms with E-state index in [4.69, 9.17) is 5.11 Å². The van der Waals surface area contributed by atoms with Crippen LogP contribution in [-0.2, 0) is 4.79 Å². The maximum atomic E-state index is 10.6. The van der Waals surface area contributed by atoms with Crippen LogP contribution >= 0.6 is 25.3 Å². The molecule has 0 aliphatic carbocycles. The first-order valence-electron chi connectivity index (χ1n) is 6.31. The average molecular weight is 281 g/mol. The lowest BCUT2D eigenvalue weighted by Crippen LogP contribution is -2.37. The summed E-state index contributed by atoms with van der Waals surface area (Å²) in [5.41, 5.74) is 0. The molecule has 0 fully saturated rings. The van der Waals surface area contributed by atoms with Gasteiger partial charge < -0.3 is 10.4 Å². The first-order chi connectivity index (χ1) is 8.13. The first-order valence-corrected chi connectivity index (χ1v) is 7.58. The van der Waals surface area contributed by atoms with Crippen molar-refractivity contribution in [1.29, 1.82) is 0 Å². The summed E-state index contributed by atoms with van der Waals surface area (Å²) in [5, 5.41) is 11.7. The van der Waals surface area contributed by atoms with Gasteiger partial charge in [-0.25, -0.2) is 0 Å². The van der Waals surface area contributed by atoms with E-state index < -0.39 is 12.0 Å². The molecule has 104 valence electrons. The molecule has 0 rings (SSSR count). The van der Waals surface area contributed by atoms with E-state index in [1.54, 1.807) is 0 Å². The van der Waals surface area contributed by atoms with Crippen LogP contribution in [0.5, 0.6) is 0 Å². The third-order valence-corrected chi connectivity index (χ3v) is 2.72. The van der Waals surface area contributed by atoms with Gasteiger partial charge in [-0.15, -0.1) is 0 Å². The number of carbonyl (C=O) groups is 1. The van der Waals surface area contributed by atoms with Crippen LogP contribution in [0.4, 0.5) is 0 Å². The van der Waals surface area contributed by atoms with Crippen LogP contribution in [0.2, 0.25) is 0 Å². The van der Waals surface area contributed by atoms with Crippen LogP contribution in [0, 0.1) is 0 Å². The van der Waals surface area contributed by atoms with Crippen molar-refractivity contribution in [3.05, 3.63) is 0 Å². The van der Waals surface area contributed by atoms with E-state index in [-0.39, 0.29) is 0 Å². The van der Waals surface area contributed by atoms with Gasteiger partial charge in [-0.1, -0.05) is 26.7 Å². The molecule has 0 radical (unpaired) electrons. The number of thiol groups is 2. The van der Waals surface area contributed by atoms with Gasteiger partial charge in [-0.3, -0.25) is 4.79 Å². The molecule has 0 heterocycles. The van der Waals surface area contributed by atoms with Gasteiger partial charge in [0.15, 0.2) is 0 Å². The average Bonchev–Trinajstić information content (AvgIpc) is 2.30. The summed E-state index contributed by atoms with van der Waals surface area (Å²) in [5.74, 6) is 0.868. The number of aliphatic carboxylic acids is 1. The van der Waals surface area contributed by atoms with Crippen LogP contribution in [0.25, 0.3) is 0 Å². The number of hydrogen-bond acceptors (Lipinski definition) is 4. The zero-order chi connectivity index (χ0) is 13.5. The highest BCUT2D eigenvalue weighted by Gasteiger charge is 2.14. The van der Waals surface area contributed by atoms with Crippen molar-refractivity contribution in [3.63, 3.8) is 0 Å². The standard InChI is InChI=1S/C8H17NO2S.C4H10S/c1-2-3-5-9-7(4-6-12)8(10)11;1-2-3-4-5/h7,9,12H,2-6H2,1H3,(H,10,11);5H,2-4H2,1H3/t7-;/m0./s1. The highest BCUT2D eigenvalue weighted by molar-refractivity contribution is 7.80. The van der Waals surface area contributed by atoms with Crippen molar-refractivity contribution in [3.8, 4) is 0 Å². The lowest BCUT2D eigenvalue weighted by atomic mass is 10.2. The molecular weight excluding hydrogens is 254 g/mol. The molecular formula is C12H27NO2S2. The Kier molecular flexibility index (Phi) is 18.5. The summed E-state index contributed by atoms with van der Waals surface area (Å²) < 4.78 is 0. The molecule has 0 saturated heterocycles. The molecule has 0 unspecified atom stereocenters. The number of nitrogens with one attached hydrogen (secondary N) is 1. The lowest BCUT2D eigenvalue weighted by Gasteiger charge is -2.12. The molecule has 1 atom stereocenters. The summed E-state index contributed by atoms with van der Waals surface area (Å²) in [7, 11) is 0. The summed E-state index contributed by atoms with van der Waals surface area (Å²) in [6, 6.07) is -0.422. The van der Waals surface area contributed by atoms with Crippen molar-refractivity contribution in [1.82, 2.24) is 5.32 Å². The third kappa shape index (κ3) is 16.1. The molecule has 3 nitrogen and oxygen atoms in total. The lowest BCUT2D eigenvalue weighted by molar-refractivity contribution is -0.139. The predicted molar refractivity (Wildman–Crippen MR) is 81.6 cm³/mol. The molecule has 0 aliphatic rings. The van der Waals surface area contributed by atoms with Crippen molar-refractivity contribution in [2.45, 2.75) is 52.0 Å². The van der Waals surface area contributed by atoms with E-state index in [1.807, 2.05) is 0 Å². The Morgan fingerprint density at radius 1 is 1.18 bits per heavy atom. The number of carboxylic acid groups (broad SMARTS) is 1. The van der Waals surface area contributed by atoms with Crippen molar-refractivity contribution in [2.75, 3.05) is 18.1 Å². The molecule has 2 N–H and O–H groups in total. The van der Waals surface area contributed by atoms with E-state index in [1.165, 1.54) is 12.8 Å². The summed E-state index contributed by atoms with van der Waals surface area (Å²) in [6.07, 6.45) is 5.21. The molecule has 17 heavy (non-hydrogen) atoms. The Bertz CT molecular complexity index is 167. The maximum absolute atomic E-state index is 10.6. The molecule has 0 saturated carbocycles. The fourth-order valence-corrected chi connectivity index (χ4v) is 1.63. The summed E-state index contributed by atoms with van der Waals surface area (Å²) in [4.78, 5) is 10.6. The van der Waals surface area contributed by atoms with Gasteiger partial charge in [0.2, 0.25) is 0 Å². The second-order valence-electron chi connectivity index (χ2n) is 3.79. The second kappa shape index (κ2) is 16.1. The molecule has 5 heteroatoms. The smallest absolute Gasteiger partial charge is 0.320 e. The number of rotatable bonds is 9. The van der Waals surface area contributed by atoms with Crippen LogP contribution in [0.1, 0.15) is 46.0 Å². The zero-order valence-corrected chi connectivity index (χ0v) is 12.8. The Labute approximate surface area is 117 Å². The van der Waals surface area contributed by atoms with E-state index in [9.17, 15) is 4.79 Å². The Morgan fingerprint density at radius 2 is 1.76 bits per heavy atom. The summed E-state index contributed by atoms with van der Waals surface area (Å²) >= 11 is 8.00. The van der Waals surface area contributed by atoms with Gasteiger partial charge in [0.1, 0.15) is 6.04 Å². The topological polar surface area (TPSA) is 49.3 Å². The number of carboxylic acids is 1. The Balaban J connectivity index is 0. The minimum atomic E-state index is -0.778. The summed E-state index contributed by atoms with van der Waals surface area (Å²) in [6.45, 7) is 5.02. The monoisotopic (exact) mass is 281 g/mol. The largest absolute Gasteiger partial charge is 0.480 e. The van der Waals surface area contributed by atoms with Gasteiger partial charge in [-0.2, -0.15) is 25.3 Å². The van der Waals surface area contributed by atoms with E-state index in [2.05, 4.69) is 44.4 Å². The van der Waals surface area contributed by atoms with Gasteiger partial charge in [-0.05, 0) is 37.3 Å². The van der Waals surface area contributed by atoms with E-state index in [0.717, 1.165) is 25.1 Å². The SMILES string of the molecule is CCCCN[C@@H](CCS)C(=O)O.CCCCS. The third-order valence-electron chi connectivity index (χ3n) is 2.15. The highest BCUT2D eigenvalue weighted by atomic mass is 32.1. The van der Waals surface area contributed by atoms with Gasteiger partial charge in [0.05, 0.1) is 0 Å². The zero-order valence-electron chi connectivity index (χ0n) is 11.0. The van der Waals surface area contributed by atoms with Crippen molar-refractivity contribution in [2.24, 2.45) is 0 Å². The Hall–Kier alpha value is 0.130. The van der Waals surface area contributed by atoms with Crippen molar-refractivity contribution >= 4 is 31.2 Å². The molecule has 0 aromatic carbocycles. The van der Waals surface area contributed by atoms with Crippen LogP contribution in [0.15, 0.2) is 0 Å². The molecule has 0 bridgehead atoms. The van der Waals surface area contributed by atoms with Crippen LogP contribution in [0.3, 0.4) is 0 Å². The molecule has 0 aliphatic heterocycles. The van der Waals surface area contributed by atoms with Gasteiger partial charge in [0.25, 0.3) is 0 Å². The van der Waals surface area contributed by atoms with Gasteiger partial charge >= 0.3 is 5.97 Å². The molecule has 0 spiro atoms. The quantitative estimate of drug-likeness (QED) is 0.388. The minimum Gasteiger partial charge on any atom is -0.480 e. The minimum absolute atomic E-state index is 0.422. The molecule has 0 aromatic rings. The normalized spacial score (nSPS) is 11.5. The van der Waals surface area contributed by atoms with Crippen LogP contribution < -0.4 is 5.32 Å². The van der Waals surface area contributed by atoms with E-state index >= 15 is 0 Å². The van der Waals surface area contributed by atoms with Crippen LogP contribution in [-0.4, -0.2) is 35.2 Å². The first kappa shape index (κ1) is 19.5. The molecule has 0 aromatic heterocycles.